The zero-order valence-corrected chi connectivity index (χ0v) is 12.6. The highest BCUT2D eigenvalue weighted by Gasteiger charge is 2.64. The molecule has 0 spiro atoms. The maximum atomic E-state index is 14.1. The van der Waals surface area contributed by atoms with Crippen molar-refractivity contribution in [3.63, 3.8) is 0 Å². The Balaban J connectivity index is 2.05. The number of alkyl halides is 9. The van der Waals surface area contributed by atoms with Gasteiger partial charge in [0.2, 0.25) is 0 Å². The standard InChI is InChI=1S/C13H16F9NO2/c14-9(6-5-23-3-4-24-6)11(16,17)7-1-2-8(25-7)12(18,19)10(15)13(20,21)22/h6-10,23H,1-5H2. The van der Waals surface area contributed by atoms with Gasteiger partial charge in [-0.05, 0) is 12.8 Å². The molecule has 0 amide bonds. The number of halogens is 9. The molecule has 5 unspecified atom stereocenters. The molecule has 0 bridgehead atoms. The highest BCUT2D eigenvalue weighted by atomic mass is 19.4. The Morgan fingerprint density at radius 1 is 0.880 bits per heavy atom. The first-order valence-corrected chi connectivity index (χ1v) is 7.46. The molecular formula is C13H16F9NO2. The lowest BCUT2D eigenvalue weighted by Crippen LogP contribution is -2.55. The molecule has 2 aliphatic heterocycles. The Morgan fingerprint density at radius 2 is 1.44 bits per heavy atom. The minimum Gasteiger partial charge on any atom is -0.372 e. The third-order valence-electron chi connectivity index (χ3n) is 4.15. The van der Waals surface area contributed by atoms with Gasteiger partial charge in [-0.1, -0.05) is 0 Å². The summed E-state index contributed by atoms with van der Waals surface area (Å²) in [5.74, 6) is -9.34. The van der Waals surface area contributed by atoms with Gasteiger partial charge in [0.25, 0.3) is 6.17 Å². The summed E-state index contributed by atoms with van der Waals surface area (Å²) < 4.78 is 128. The molecule has 5 atom stereocenters. The summed E-state index contributed by atoms with van der Waals surface area (Å²) in [6.07, 6.45) is -21.8. The number of ether oxygens (including phenoxy) is 2. The summed E-state index contributed by atoms with van der Waals surface area (Å²) in [6, 6.07) is 0. The number of morpholine rings is 1. The molecule has 1 N–H and O–H groups in total. The van der Waals surface area contributed by atoms with Crippen LogP contribution in [0.4, 0.5) is 39.5 Å². The van der Waals surface area contributed by atoms with E-state index >= 15 is 0 Å². The minimum atomic E-state index is -5.88. The van der Waals surface area contributed by atoms with E-state index in [1.807, 2.05) is 0 Å². The third-order valence-corrected chi connectivity index (χ3v) is 4.15. The molecule has 2 saturated heterocycles. The fourth-order valence-corrected chi connectivity index (χ4v) is 2.78. The van der Waals surface area contributed by atoms with Crippen molar-refractivity contribution in [2.75, 3.05) is 19.7 Å². The van der Waals surface area contributed by atoms with Crippen molar-refractivity contribution in [1.29, 1.82) is 0 Å². The second-order valence-electron chi connectivity index (χ2n) is 5.96. The maximum absolute atomic E-state index is 14.1. The van der Waals surface area contributed by atoms with Crippen molar-refractivity contribution in [2.45, 2.75) is 61.5 Å². The van der Waals surface area contributed by atoms with Crippen molar-refractivity contribution in [3.8, 4) is 0 Å². The van der Waals surface area contributed by atoms with Gasteiger partial charge in [0, 0.05) is 13.1 Å². The van der Waals surface area contributed by atoms with E-state index in [2.05, 4.69) is 10.1 Å². The lowest BCUT2D eigenvalue weighted by Gasteiger charge is -2.34. The zero-order chi connectivity index (χ0) is 19.0. The van der Waals surface area contributed by atoms with Gasteiger partial charge in [0.05, 0.1) is 6.61 Å². The quantitative estimate of drug-likeness (QED) is 0.734. The molecule has 0 aromatic rings. The molecule has 25 heavy (non-hydrogen) atoms. The Hall–Kier alpha value is -0.750. The van der Waals surface area contributed by atoms with Gasteiger partial charge in [0.1, 0.15) is 18.3 Å². The van der Waals surface area contributed by atoms with Crippen molar-refractivity contribution in [2.24, 2.45) is 0 Å². The lowest BCUT2D eigenvalue weighted by molar-refractivity contribution is -0.280. The number of hydrogen-bond acceptors (Lipinski definition) is 3. The number of nitrogens with one attached hydrogen (secondary N) is 1. The van der Waals surface area contributed by atoms with E-state index in [4.69, 9.17) is 4.74 Å². The van der Waals surface area contributed by atoms with Gasteiger partial charge in [-0.15, -0.1) is 0 Å². The Morgan fingerprint density at radius 3 is 1.92 bits per heavy atom. The summed E-state index contributed by atoms with van der Waals surface area (Å²) in [5, 5.41) is 2.61. The fraction of sp³-hybridized carbons (Fsp3) is 1.00. The van der Waals surface area contributed by atoms with Crippen LogP contribution in [0.3, 0.4) is 0 Å². The summed E-state index contributed by atoms with van der Waals surface area (Å²) in [7, 11) is 0. The first kappa shape index (κ1) is 20.6. The molecular weight excluding hydrogens is 373 g/mol. The van der Waals surface area contributed by atoms with Crippen molar-refractivity contribution in [3.05, 3.63) is 0 Å². The van der Waals surface area contributed by atoms with Crippen LogP contribution >= 0.6 is 0 Å². The molecule has 12 heteroatoms. The molecule has 0 aromatic heterocycles. The van der Waals surface area contributed by atoms with Crippen LogP contribution in [0.1, 0.15) is 12.8 Å². The predicted molar refractivity (Wildman–Crippen MR) is 66.2 cm³/mol. The molecule has 3 nitrogen and oxygen atoms in total. The molecule has 0 aliphatic carbocycles. The van der Waals surface area contributed by atoms with Crippen molar-refractivity contribution in [1.82, 2.24) is 5.32 Å². The van der Waals surface area contributed by atoms with E-state index in [0.717, 1.165) is 0 Å². The molecule has 2 aliphatic rings. The first-order chi connectivity index (χ1) is 11.4. The predicted octanol–water partition coefficient (Wildman–Crippen LogP) is 3.03. The number of hydrogen-bond donors (Lipinski definition) is 1. The number of rotatable bonds is 5. The highest BCUT2D eigenvalue weighted by Crippen LogP contribution is 2.45. The normalized spacial score (nSPS) is 31.8. The van der Waals surface area contributed by atoms with E-state index in [0.29, 0.717) is 6.54 Å². The summed E-state index contributed by atoms with van der Waals surface area (Å²) in [4.78, 5) is 0. The fourth-order valence-electron chi connectivity index (χ4n) is 2.78. The Kier molecular flexibility index (Phi) is 5.84. The van der Waals surface area contributed by atoms with Crippen molar-refractivity contribution >= 4 is 0 Å². The largest absolute Gasteiger partial charge is 0.425 e. The van der Waals surface area contributed by atoms with Crippen LogP contribution < -0.4 is 5.32 Å². The van der Waals surface area contributed by atoms with Crippen LogP contribution in [0, 0.1) is 0 Å². The van der Waals surface area contributed by atoms with Gasteiger partial charge < -0.3 is 14.8 Å². The average molecular weight is 389 g/mol. The summed E-state index contributed by atoms with van der Waals surface area (Å²) >= 11 is 0. The zero-order valence-electron chi connectivity index (χ0n) is 12.6. The summed E-state index contributed by atoms with van der Waals surface area (Å²) in [6.45, 7) is 0.0323. The van der Waals surface area contributed by atoms with Crippen LogP contribution in [-0.2, 0) is 9.47 Å². The maximum Gasteiger partial charge on any atom is 0.425 e. The second kappa shape index (κ2) is 7.10. The third kappa shape index (κ3) is 4.16. The van der Waals surface area contributed by atoms with Crippen LogP contribution in [0.5, 0.6) is 0 Å². The molecule has 2 heterocycles. The summed E-state index contributed by atoms with van der Waals surface area (Å²) in [5.41, 5.74) is 0. The van der Waals surface area contributed by atoms with Crippen LogP contribution in [0.25, 0.3) is 0 Å². The lowest BCUT2D eigenvalue weighted by atomic mass is 9.99. The Labute approximate surface area is 136 Å². The smallest absolute Gasteiger partial charge is 0.372 e. The molecule has 0 aromatic carbocycles. The minimum absolute atomic E-state index is 0.0392. The van der Waals surface area contributed by atoms with Gasteiger partial charge in [-0.3, -0.25) is 0 Å². The van der Waals surface area contributed by atoms with Crippen LogP contribution in [0.2, 0.25) is 0 Å². The molecule has 2 fully saturated rings. The Bertz CT molecular complexity index is 453. The van der Waals surface area contributed by atoms with E-state index in [1.165, 1.54) is 0 Å². The van der Waals surface area contributed by atoms with E-state index in [-0.39, 0.29) is 13.2 Å². The van der Waals surface area contributed by atoms with Crippen molar-refractivity contribution < 1.29 is 49.0 Å². The topological polar surface area (TPSA) is 30.5 Å². The SMILES string of the molecule is FC(C1CNCCO1)C(F)(F)C1CCC(C(F)(F)C(F)C(F)(F)F)O1. The van der Waals surface area contributed by atoms with E-state index in [1.54, 1.807) is 0 Å². The molecule has 2 rings (SSSR count). The van der Waals surface area contributed by atoms with E-state index in [9.17, 15) is 39.5 Å². The highest BCUT2D eigenvalue weighted by molar-refractivity contribution is 4.99. The molecule has 148 valence electrons. The molecule has 0 saturated carbocycles. The van der Waals surface area contributed by atoms with Gasteiger partial charge >= 0.3 is 18.0 Å². The monoisotopic (exact) mass is 389 g/mol. The average Bonchev–Trinajstić information content (AvgIpc) is 3.05. The van der Waals surface area contributed by atoms with Gasteiger partial charge in [-0.2, -0.15) is 13.2 Å². The van der Waals surface area contributed by atoms with E-state index < -0.39 is 61.5 Å². The molecule has 0 radical (unpaired) electrons. The van der Waals surface area contributed by atoms with Gasteiger partial charge in [0.15, 0.2) is 6.17 Å². The van der Waals surface area contributed by atoms with Crippen LogP contribution in [-0.4, -0.2) is 68.4 Å². The first-order valence-electron chi connectivity index (χ1n) is 7.46. The van der Waals surface area contributed by atoms with Gasteiger partial charge in [-0.25, -0.2) is 26.3 Å². The second-order valence-corrected chi connectivity index (χ2v) is 5.96. The van der Waals surface area contributed by atoms with Crippen LogP contribution in [0.15, 0.2) is 0 Å².